The van der Waals surface area contributed by atoms with Gasteiger partial charge in [0.05, 0.1) is 5.52 Å². The minimum absolute atomic E-state index is 0.535. The molecule has 0 saturated heterocycles. The second kappa shape index (κ2) is 5.01. The number of hydrogen-bond acceptors (Lipinski definition) is 4. The van der Waals surface area contributed by atoms with E-state index in [1.54, 1.807) is 6.92 Å². The largest absolute Gasteiger partial charge is 0.480 e. The van der Waals surface area contributed by atoms with Crippen LogP contribution in [0.25, 0.3) is 10.9 Å². The Hall–Kier alpha value is -1.14. The molecule has 1 heterocycles. The number of thioether (sulfide) groups is 1. The Labute approximate surface area is 111 Å². The maximum absolute atomic E-state index is 10.8. The normalized spacial score (nSPS) is 12.6. The number of aliphatic carboxylic acids is 1. The van der Waals surface area contributed by atoms with Crippen LogP contribution in [0.1, 0.15) is 6.92 Å². The van der Waals surface area contributed by atoms with Gasteiger partial charge >= 0.3 is 5.97 Å². The van der Waals surface area contributed by atoms with Crippen molar-refractivity contribution < 1.29 is 9.90 Å². The van der Waals surface area contributed by atoms with Gasteiger partial charge in [-0.25, -0.2) is 9.97 Å². The van der Waals surface area contributed by atoms with Crippen molar-refractivity contribution in [1.82, 2.24) is 9.97 Å². The first kappa shape index (κ1) is 12.3. The third kappa shape index (κ3) is 2.76. The Bertz CT molecular complexity index is 576. The average molecular weight is 313 g/mol. The molecular weight excluding hydrogens is 304 g/mol. The molecule has 0 radical (unpaired) electrons. The number of carboxylic acids is 1. The van der Waals surface area contributed by atoms with Crippen LogP contribution in [0.5, 0.6) is 0 Å². The van der Waals surface area contributed by atoms with Gasteiger partial charge in [0.1, 0.15) is 16.6 Å². The molecular formula is C11H9BrN2O2S. The highest BCUT2D eigenvalue weighted by Gasteiger charge is 2.15. The number of carboxylic acid groups (broad SMARTS) is 1. The number of carbonyl (C=O) groups is 1. The van der Waals surface area contributed by atoms with E-state index in [2.05, 4.69) is 25.9 Å². The zero-order valence-electron chi connectivity index (χ0n) is 8.92. The number of nitrogens with zero attached hydrogens (tertiary/aromatic N) is 2. The lowest BCUT2D eigenvalue weighted by molar-refractivity contribution is -0.136. The van der Waals surface area contributed by atoms with Crippen LogP contribution in [0.4, 0.5) is 0 Å². The van der Waals surface area contributed by atoms with Gasteiger partial charge in [0.2, 0.25) is 0 Å². The minimum atomic E-state index is -0.850. The van der Waals surface area contributed by atoms with Crippen LogP contribution in [-0.4, -0.2) is 26.3 Å². The fourth-order valence-corrected chi connectivity index (χ4v) is 2.51. The molecule has 4 nitrogen and oxygen atoms in total. The van der Waals surface area contributed by atoms with E-state index in [0.29, 0.717) is 5.03 Å². The summed E-state index contributed by atoms with van der Waals surface area (Å²) in [6, 6.07) is 5.66. The highest BCUT2D eigenvalue weighted by atomic mass is 79.9. The predicted octanol–water partition coefficient (Wildman–Crippen LogP) is 2.96. The van der Waals surface area contributed by atoms with Crippen molar-refractivity contribution in [1.29, 1.82) is 0 Å². The Kier molecular flexibility index (Phi) is 3.63. The quantitative estimate of drug-likeness (QED) is 0.697. The second-order valence-corrected chi connectivity index (χ2v) is 5.68. The lowest BCUT2D eigenvalue weighted by Gasteiger charge is -2.07. The van der Waals surface area contributed by atoms with Crippen molar-refractivity contribution in [2.24, 2.45) is 0 Å². The van der Waals surface area contributed by atoms with Crippen molar-refractivity contribution in [3.05, 3.63) is 29.0 Å². The third-order valence-corrected chi connectivity index (χ3v) is 3.79. The Morgan fingerprint density at radius 3 is 2.94 bits per heavy atom. The minimum Gasteiger partial charge on any atom is -0.480 e. The molecule has 6 heteroatoms. The van der Waals surface area contributed by atoms with Crippen LogP contribution in [-0.2, 0) is 4.79 Å². The fraction of sp³-hybridized carbons (Fsp3) is 0.182. The average Bonchev–Trinajstić information content (AvgIpc) is 2.29. The monoisotopic (exact) mass is 312 g/mol. The number of benzene rings is 1. The number of halogens is 1. The molecule has 88 valence electrons. The number of fused-ring (bicyclic) bond motifs is 1. The van der Waals surface area contributed by atoms with Crippen LogP contribution >= 0.6 is 27.7 Å². The van der Waals surface area contributed by atoms with E-state index < -0.39 is 11.2 Å². The maximum Gasteiger partial charge on any atom is 0.316 e. The van der Waals surface area contributed by atoms with Crippen molar-refractivity contribution in [3.63, 3.8) is 0 Å². The van der Waals surface area contributed by atoms with Crippen molar-refractivity contribution >= 4 is 44.6 Å². The number of aromatic nitrogens is 2. The van der Waals surface area contributed by atoms with Crippen molar-refractivity contribution in [2.75, 3.05) is 0 Å². The Morgan fingerprint density at radius 1 is 1.47 bits per heavy atom. The van der Waals surface area contributed by atoms with Gasteiger partial charge in [-0.3, -0.25) is 4.79 Å². The molecule has 0 amide bonds. The summed E-state index contributed by atoms with van der Waals surface area (Å²) in [5, 5.41) is 9.91. The van der Waals surface area contributed by atoms with Gasteiger partial charge in [-0.2, -0.15) is 0 Å². The van der Waals surface area contributed by atoms with Crippen LogP contribution in [0.2, 0.25) is 0 Å². The van der Waals surface area contributed by atoms with Crippen LogP contribution in [0.15, 0.2) is 34.0 Å². The molecule has 0 aliphatic carbocycles. The first-order chi connectivity index (χ1) is 8.08. The zero-order valence-corrected chi connectivity index (χ0v) is 11.3. The topological polar surface area (TPSA) is 63.1 Å². The third-order valence-electron chi connectivity index (χ3n) is 2.20. The van der Waals surface area contributed by atoms with Gasteiger partial charge in [-0.1, -0.05) is 27.7 Å². The highest BCUT2D eigenvalue weighted by molar-refractivity contribution is 9.10. The summed E-state index contributed by atoms with van der Waals surface area (Å²) < 4.78 is 0.921. The van der Waals surface area contributed by atoms with E-state index >= 15 is 0 Å². The summed E-state index contributed by atoms with van der Waals surface area (Å²) in [7, 11) is 0. The molecule has 0 aliphatic heterocycles. The molecule has 1 atom stereocenters. The van der Waals surface area contributed by atoms with E-state index in [9.17, 15) is 4.79 Å². The van der Waals surface area contributed by atoms with Crippen LogP contribution in [0, 0.1) is 0 Å². The number of hydrogen-bond donors (Lipinski definition) is 1. The summed E-state index contributed by atoms with van der Waals surface area (Å²) in [5.74, 6) is -0.850. The first-order valence-corrected chi connectivity index (χ1v) is 6.55. The van der Waals surface area contributed by atoms with E-state index in [0.717, 1.165) is 15.4 Å². The molecule has 0 spiro atoms. The molecule has 0 bridgehead atoms. The molecule has 17 heavy (non-hydrogen) atoms. The van der Waals surface area contributed by atoms with Gasteiger partial charge in [-0.05, 0) is 25.1 Å². The summed E-state index contributed by atoms with van der Waals surface area (Å²) in [4.78, 5) is 19.1. The predicted molar refractivity (Wildman–Crippen MR) is 70.2 cm³/mol. The van der Waals surface area contributed by atoms with Gasteiger partial charge in [-0.15, -0.1) is 0 Å². The molecule has 1 unspecified atom stereocenters. The van der Waals surface area contributed by atoms with Crippen molar-refractivity contribution in [2.45, 2.75) is 17.2 Å². The van der Waals surface area contributed by atoms with E-state index in [4.69, 9.17) is 5.11 Å². The van der Waals surface area contributed by atoms with Gasteiger partial charge in [0, 0.05) is 9.86 Å². The Balaban J connectivity index is 2.46. The molecule has 2 rings (SSSR count). The molecule has 1 aromatic carbocycles. The van der Waals surface area contributed by atoms with Crippen LogP contribution in [0.3, 0.4) is 0 Å². The van der Waals surface area contributed by atoms with Crippen LogP contribution < -0.4 is 0 Å². The molecule has 2 aromatic rings. The summed E-state index contributed by atoms with van der Waals surface area (Å²) in [5.41, 5.74) is 0.809. The van der Waals surface area contributed by atoms with Gasteiger partial charge in [0.25, 0.3) is 0 Å². The van der Waals surface area contributed by atoms with Crippen molar-refractivity contribution in [3.8, 4) is 0 Å². The molecule has 1 aromatic heterocycles. The summed E-state index contributed by atoms with van der Waals surface area (Å²) >= 11 is 4.60. The smallest absolute Gasteiger partial charge is 0.316 e. The Morgan fingerprint density at radius 2 is 2.24 bits per heavy atom. The lowest BCUT2D eigenvalue weighted by Crippen LogP contribution is -2.11. The van der Waals surface area contributed by atoms with Gasteiger partial charge < -0.3 is 5.11 Å². The zero-order chi connectivity index (χ0) is 12.4. The van der Waals surface area contributed by atoms with E-state index in [1.165, 1.54) is 18.1 Å². The molecule has 1 N–H and O–H groups in total. The van der Waals surface area contributed by atoms with E-state index in [-0.39, 0.29) is 0 Å². The SMILES string of the molecule is CC(Sc1ncnc2ccc(Br)cc12)C(=O)O. The summed E-state index contributed by atoms with van der Waals surface area (Å²) in [6.07, 6.45) is 1.45. The molecule has 0 fully saturated rings. The second-order valence-electron chi connectivity index (χ2n) is 3.44. The number of rotatable bonds is 3. The highest BCUT2D eigenvalue weighted by Crippen LogP contribution is 2.29. The summed E-state index contributed by atoms with van der Waals surface area (Å²) in [6.45, 7) is 1.64. The standard InChI is InChI=1S/C11H9BrN2O2S/c1-6(11(15)16)17-10-8-4-7(12)2-3-9(8)13-5-14-10/h2-6H,1H3,(H,15,16). The van der Waals surface area contributed by atoms with Gasteiger partial charge in [0.15, 0.2) is 0 Å². The molecule has 0 saturated carbocycles. The maximum atomic E-state index is 10.8. The van der Waals surface area contributed by atoms with E-state index in [1.807, 2.05) is 18.2 Å². The molecule has 0 aliphatic rings. The lowest BCUT2D eigenvalue weighted by atomic mass is 10.2. The first-order valence-electron chi connectivity index (χ1n) is 4.87. The fourth-order valence-electron chi connectivity index (χ4n) is 1.32.